The number of hydrogen-bond donors (Lipinski definition) is 1. The average molecular weight is 180 g/mol. The number of phenols is 1. The second-order valence-corrected chi connectivity index (χ2v) is 2.48. The lowest BCUT2D eigenvalue weighted by Gasteiger charge is -2.05. The van der Waals surface area contributed by atoms with E-state index < -0.39 is 0 Å². The fourth-order valence-corrected chi connectivity index (χ4v) is 0.913. The van der Waals surface area contributed by atoms with Gasteiger partial charge < -0.3 is 14.6 Å². The zero-order valence-corrected chi connectivity index (χ0v) is 7.49. The van der Waals surface area contributed by atoms with E-state index in [0.717, 1.165) is 0 Å². The molecule has 0 aliphatic rings. The molecule has 0 aliphatic carbocycles. The molecule has 0 aromatic heterocycles. The van der Waals surface area contributed by atoms with Crippen molar-refractivity contribution in [3.05, 3.63) is 30.3 Å². The quantitative estimate of drug-likeness (QED) is 0.720. The third-order valence-electron chi connectivity index (χ3n) is 1.57. The van der Waals surface area contributed by atoms with E-state index in [-0.39, 0.29) is 12.5 Å². The Bertz CT molecular complexity index is 294. The molecular formula is C10H12O3. The number of aromatic hydroxyl groups is 1. The second kappa shape index (κ2) is 4.52. The molecule has 0 unspecified atom stereocenters. The summed E-state index contributed by atoms with van der Waals surface area (Å²) in [6.45, 7) is 3.73. The van der Waals surface area contributed by atoms with Crippen LogP contribution in [0.3, 0.4) is 0 Å². The van der Waals surface area contributed by atoms with E-state index >= 15 is 0 Å². The van der Waals surface area contributed by atoms with Crippen LogP contribution in [0.5, 0.6) is 11.5 Å². The Balaban J connectivity index is 2.77. The van der Waals surface area contributed by atoms with Crippen LogP contribution in [0.1, 0.15) is 5.56 Å². The molecule has 0 atom stereocenters. The van der Waals surface area contributed by atoms with Crippen LogP contribution in [0.25, 0.3) is 6.08 Å². The van der Waals surface area contributed by atoms with Crippen LogP contribution in [0.15, 0.2) is 24.8 Å². The number of benzene rings is 1. The minimum Gasteiger partial charge on any atom is -0.507 e. The number of rotatable bonds is 4. The molecule has 1 rings (SSSR count). The predicted octanol–water partition coefficient (Wildman–Crippen LogP) is 2.02. The van der Waals surface area contributed by atoms with Crippen molar-refractivity contribution in [2.45, 2.75) is 0 Å². The van der Waals surface area contributed by atoms with Gasteiger partial charge in [0.2, 0.25) is 0 Å². The number of ether oxygens (including phenoxy) is 2. The average Bonchev–Trinajstić information content (AvgIpc) is 2.15. The van der Waals surface area contributed by atoms with Gasteiger partial charge in [0.1, 0.15) is 11.5 Å². The van der Waals surface area contributed by atoms with Crippen LogP contribution < -0.4 is 4.74 Å². The lowest BCUT2D eigenvalue weighted by Crippen LogP contribution is -1.98. The lowest BCUT2D eigenvalue weighted by atomic mass is 10.2. The first-order valence-corrected chi connectivity index (χ1v) is 3.85. The van der Waals surface area contributed by atoms with Crippen molar-refractivity contribution in [2.75, 3.05) is 13.9 Å². The minimum atomic E-state index is 0.156. The van der Waals surface area contributed by atoms with Crippen LogP contribution in [0.2, 0.25) is 0 Å². The van der Waals surface area contributed by atoms with E-state index in [4.69, 9.17) is 9.47 Å². The number of phenolic OH excluding ortho intramolecular Hbond substituents is 1. The molecule has 3 nitrogen and oxygen atoms in total. The first kappa shape index (κ1) is 9.61. The van der Waals surface area contributed by atoms with Crippen LogP contribution >= 0.6 is 0 Å². The summed E-state index contributed by atoms with van der Waals surface area (Å²) in [6.07, 6.45) is 1.58. The van der Waals surface area contributed by atoms with Gasteiger partial charge in [0.25, 0.3) is 0 Å². The van der Waals surface area contributed by atoms with Gasteiger partial charge in [-0.05, 0) is 12.1 Å². The highest BCUT2D eigenvalue weighted by Crippen LogP contribution is 2.24. The molecule has 0 radical (unpaired) electrons. The Morgan fingerprint density at radius 3 is 2.85 bits per heavy atom. The monoisotopic (exact) mass is 180 g/mol. The van der Waals surface area contributed by atoms with Crippen molar-refractivity contribution >= 4 is 6.08 Å². The Morgan fingerprint density at radius 2 is 2.31 bits per heavy atom. The van der Waals surface area contributed by atoms with Gasteiger partial charge in [0.15, 0.2) is 6.79 Å². The molecule has 1 N–H and O–H groups in total. The van der Waals surface area contributed by atoms with E-state index in [1.54, 1.807) is 18.2 Å². The van der Waals surface area contributed by atoms with Crippen molar-refractivity contribution < 1.29 is 14.6 Å². The molecule has 70 valence electrons. The Morgan fingerprint density at radius 1 is 1.54 bits per heavy atom. The molecule has 0 fully saturated rings. The summed E-state index contributed by atoms with van der Waals surface area (Å²) < 4.78 is 9.84. The summed E-state index contributed by atoms with van der Waals surface area (Å²) in [4.78, 5) is 0. The molecule has 1 aromatic rings. The smallest absolute Gasteiger partial charge is 0.188 e. The zero-order chi connectivity index (χ0) is 9.68. The van der Waals surface area contributed by atoms with Crippen LogP contribution in [-0.2, 0) is 4.74 Å². The topological polar surface area (TPSA) is 38.7 Å². The fraction of sp³-hybridized carbons (Fsp3) is 0.200. The molecule has 13 heavy (non-hydrogen) atoms. The molecule has 0 heterocycles. The summed E-state index contributed by atoms with van der Waals surface area (Å²) in [6, 6.07) is 5.00. The lowest BCUT2D eigenvalue weighted by molar-refractivity contribution is 0.0510. The van der Waals surface area contributed by atoms with Crippen LogP contribution in [-0.4, -0.2) is 19.0 Å². The molecule has 0 saturated carbocycles. The number of methoxy groups -OCH3 is 1. The Labute approximate surface area is 77.2 Å². The summed E-state index contributed by atoms with van der Waals surface area (Å²) in [7, 11) is 1.54. The maximum Gasteiger partial charge on any atom is 0.188 e. The van der Waals surface area contributed by atoms with Gasteiger partial charge >= 0.3 is 0 Å². The summed E-state index contributed by atoms with van der Waals surface area (Å²) in [5, 5.41) is 9.40. The first-order valence-electron chi connectivity index (χ1n) is 3.85. The minimum absolute atomic E-state index is 0.156. The third kappa shape index (κ3) is 2.49. The van der Waals surface area contributed by atoms with E-state index in [0.29, 0.717) is 11.3 Å². The van der Waals surface area contributed by atoms with E-state index in [2.05, 4.69) is 6.58 Å². The summed E-state index contributed by atoms with van der Waals surface area (Å²) >= 11 is 0. The van der Waals surface area contributed by atoms with Gasteiger partial charge in [0.05, 0.1) is 0 Å². The third-order valence-corrected chi connectivity index (χ3v) is 1.57. The largest absolute Gasteiger partial charge is 0.507 e. The normalized spacial score (nSPS) is 9.62. The van der Waals surface area contributed by atoms with Gasteiger partial charge in [-0.3, -0.25) is 0 Å². The molecule has 0 spiro atoms. The van der Waals surface area contributed by atoms with Crippen LogP contribution in [0, 0.1) is 0 Å². The second-order valence-electron chi connectivity index (χ2n) is 2.48. The molecule has 0 amide bonds. The molecule has 0 saturated heterocycles. The van der Waals surface area contributed by atoms with Crippen molar-refractivity contribution in [2.24, 2.45) is 0 Å². The van der Waals surface area contributed by atoms with Gasteiger partial charge in [0, 0.05) is 18.7 Å². The molecular weight excluding hydrogens is 168 g/mol. The van der Waals surface area contributed by atoms with Gasteiger partial charge in [-0.15, -0.1) is 0 Å². The highest BCUT2D eigenvalue weighted by atomic mass is 16.7. The Kier molecular flexibility index (Phi) is 3.34. The molecule has 0 aliphatic heterocycles. The highest BCUT2D eigenvalue weighted by molar-refractivity contribution is 5.56. The van der Waals surface area contributed by atoms with Crippen molar-refractivity contribution in [3.63, 3.8) is 0 Å². The fourth-order valence-electron chi connectivity index (χ4n) is 0.913. The van der Waals surface area contributed by atoms with Crippen LogP contribution in [0.4, 0.5) is 0 Å². The van der Waals surface area contributed by atoms with Crippen molar-refractivity contribution in [1.82, 2.24) is 0 Å². The van der Waals surface area contributed by atoms with E-state index in [1.165, 1.54) is 13.2 Å². The predicted molar refractivity (Wildman–Crippen MR) is 50.7 cm³/mol. The van der Waals surface area contributed by atoms with Crippen molar-refractivity contribution in [3.8, 4) is 11.5 Å². The Hall–Kier alpha value is -1.48. The molecule has 0 bridgehead atoms. The van der Waals surface area contributed by atoms with Crippen molar-refractivity contribution in [1.29, 1.82) is 0 Å². The zero-order valence-electron chi connectivity index (χ0n) is 7.49. The molecule has 3 heteroatoms. The van der Waals surface area contributed by atoms with Gasteiger partial charge in [-0.1, -0.05) is 12.7 Å². The SMILES string of the molecule is C=Cc1ccc(OCOC)cc1O. The summed E-state index contributed by atoms with van der Waals surface area (Å²) in [5.74, 6) is 0.730. The maximum atomic E-state index is 9.40. The summed E-state index contributed by atoms with van der Waals surface area (Å²) in [5.41, 5.74) is 0.685. The highest BCUT2D eigenvalue weighted by Gasteiger charge is 1.99. The first-order chi connectivity index (χ1) is 6.27. The number of hydrogen-bond acceptors (Lipinski definition) is 3. The maximum absolute atomic E-state index is 9.40. The standard InChI is InChI=1S/C10H12O3/c1-3-8-4-5-9(6-10(8)11)13-7-12-2/h3-6,11H,1,7H2,2H3. The van der Waals surface area contributed by atoms with E-state index in [1.807, 2.05) is 0 Å². The molecule has 1 aromatic carbocycles. The van der Waals surface area contributed by atoms with Gasteiger partial charge in [-0.25, -0.2) is 0 Å². The van der Waals surface area contributed by atoms with E-state index in [9.17, 15) is 5.11 Å². The van der Waals surface area contributed by atoms with Gasteiger partial charge in [-0.2, -0.15) is 0 Å².